The lowest BCUT2D eigenvalue weighted by Gasteiger charge is -2.07. The molecule has 2 N–H and O–H groups in total. The molecule has 24 heavy (non-hydrogen) atoms. The van der Waals surface area contributed by atoms with Gasteiger partial charge in [0.1, 0.15) is 11.9 Å². The van der Waals surface area contributed by atoms with Crippen molar-refractivity contribution < 1.29 is 14.6 Å². The summed E-state index contributed by atoms with van der Waals surface area (Å²) in [7, 11) is 0. The Morgan fingerprint density at radius 3 is 2.75 bits per heavy atom. The third-order valence-electron chi connectivity index (χ3n) is 3.38. The SMILES string of the molecule is O=C(COc1ccccc1)NCc1ccc(C(O)c2ccsc2)s1. The largest absolute Gasteiger partial charge is 0.484 e. The smallest absolute Gasteiger partial charge is 0.258 e. The molecule has 0 aliphatic heterocycles. The van der Waals surface area contributed by atoms with Gasteiger partial charge in [-0.1, -0.05) is 18.2 Å². The highest BCUT2D eigenvalue weighted by molar-refractivity contribution is 7.12. The zero-order chi connectivity index (χ0) is 16.8. The van der Waals surface area contributed by atoms with Crippen molar-refractivity contribution in [3.63, 3.8) is 0 Å². The number of thiophene rings is 2. The van der Waals surface area contributed by atoms with Crippen molar-refractivity contribution >= 4 is 28.6 Å². The average Bonchev–Trinajstić information content (AvgIpc) is 3.30. The minimum atomic E-state index is -0.605. The van der Waals surface area contributed by atoms with Gasteiger partial charge in [0.25, 0.3) is 5.91 Å². The Morgan fingerprint density at radius 2 is 2.00 bits per heavy atom. The molecule has 0 bridgehead atoms. The van der Waals surface area contributed by atoms with E-state index in [1.807, 2.05) is 59.3 Å². The topological polar surface area (TPSA) is 58.6 Å². The van der Waals surface area contributed by atoms with Gasteiger partial charge in [0.15, 0.2) is 6.61 Å². The molecule has 0 aliphatic carbocycles. The van der Waals surface area contributed by atoms with E-state index in [-0.39, 0.29) is 12.5 Å². The van der Waals surface area contributed by atoms with Gasteiger partial charge in [0, 0.05) is 9.75 Å². The predicted octanol–water partition coefficient (Wildman–Crippen LogP) is 3.59. The fraction of sp³-hybridized carbons (Fsp3) is 0.167. The lowest BCUT2D eigenvalue weighted by molar-refractivity contribution is -0.123. The van der Waals surface area contributed by atoms with Crippen LogP contribution in [0.2, 0.25) is 0 Å². The number of rotatable bonds is 7. The van der Waals surface area contributed by atoms with E-state index < -0.39 is 6.10 Å². The number of aliphatic hydroxyl groups excluding tert-OH is 1. The van der Waals surface area contributed by atoms with Crippen molar-refractivity contribution in [1.29, 1.82) is 0 Å². The molecule has 0 saturated carbocycles. The second-order valence-electron chi connectivity index (χ2n) is 5.14. The maximum atomic E-state index is 11.8. The normalized spacial score (nSPS) is 11.9. The standard InChI is InChI=1S/C18H17NO3S2/c20-17(11-22-14-4-2-1-3-5-14)19-10-15-6-7-16(24-15)18(21)13-8-9-23-12-13/h1-9,12,18,21H,10-11H2,(H,19,20). The van der Waals surface area contributed by atoms with E-state index in [0.717, 1.165) is 15.3 Å². The van der Waals surface area contributed by atoms with E-state index in [1.165, 1.54) is 11.3 Å². The van der Waals surface area contributed by atoms with Crippen LogP contribution in [0.15, 0.2) is 59.3 Å². The summed E-state index contributed by atoms with van der Waals surface area (Å²) < 4.78 is 5.40. The number of para-hydroxylation sites is 1. The maximum absolute atomic E-state index is 11.8. The van der Waals surface area contributed by atoms with E-state index in [0.29, 0.717) is 12.3 Å². The molecule has 2 heterocycles. The number of carbonyl (C=O) groups excluding carboxylic acids is 1. The third-order valence-corrected chi connectivity index (χ3v) is 5.22. The first-order valence-corrected chi connectivity index (χ1v) is 9.21. The number of hydrogen-bond donors (Lipinski definition) is 2. The monoisotopic (exact) mass is 359 g/mol. The molecule has 3 rings (SSSR count). The van der Waals surface area contributed by atoms with Gasteiger partial charge in [-0.05, 0) is 46.7 Å². The van der Waals surface area contributed by atoms with Crippen LogP contribution in [-0.4, -0.2) is 17.6 Å². The molecule has 1 aromatic carbocycles. The Balaban J connectivity index is 1.47. The highest BCUT2D eigenvalue weighted by Crippen LogP contribution is 2.29. The molecule has 1 unspecified atom stereocenters. The lowest BCUT2D eigenvalue weighted by atomic mass is 10.2. The molecule has 1 amide bonds. The minimum absolute atomic E-state index is 0.0141. The molecular weight excluding hydrogens is 342 g/mol. The average molecular weight is 359 g/mol. The zero-order valence-corrected chi connectivity index (χ0v) is 14.5. The molecule has 0 aliphatic rings. The van der Waals surface area contributed by atoms with Crippen LogP contribution in [-0.2, 0) is 11.3 Å². The van der Waals surface area contributed by atoms with E-state index in [1.54, 1.807) is 11.3 Å². The van der Waals surface area contributed by atoms with Gasteiger partial charge >= 0.3 is 0 Å². The summed E-state index contributed by atoms with van der Waals surface area (Å²) in [4.78, 5) is 13.7. The fourth-order valence-corrected chi connectivity index (χ4v) is 3.78. The quantitative estimate of drug-likeness (QED) is 0.678. The number of ether oxygens (including phenoxy) is 1. The molecule has 0 spiro atoms. The van der Waals surface area contributed by atoms with Gasteiger partial charge in [-0.2, -0.15) is 11.3 Å². The van der Waals surface area contributed by atoms with Crippen LogP contribution >= 0.6 is 22.7 Å². The summed E-state index contributed by atoms with van der Waals surface area (Å²) in [6.45, 7) is 0.414. The van der Waals surface area contributed by atoms with Crippen molar-refractivity contribution in [3.05, 3.63) is 74.6 Å². The number of amides is 1. The van der Waals surface area contributed by atoms with Gasteiger partial charge in [0.05, 0.1) is 6.54 Å². The molecule has 0 saturated heterocycles. The molecule has 2 aromatic heterocycles. The van der Waals surface area contributed by atoms with Crippen LogP contribution in [0.3, 0.4) is 0 Å². The second kappa shape index (κ2) is 8.10. The molecule has 6 heteroatoms. The number of hydrogen-bond acceptors (Lipinski definition) is 5. The zero-order valence-electron chi connectivity index (χ0n) is 12.8. The van der Waals surface area contributed by atoms with Gasteiger partial charge in [-0.3, -0.25) is 4.79 Å². The molecule has 0 radical (unpaired) electrons. The lowest BCUT2D eigenvalue weighted by Crippen LogP contribution is -2.28. The Morgan fingerprint density at radius 1 is 1.17 bits per heavy atom. The summed E-state index contributed by atoms with van der Waals surface area (Å²) >= 11 is 3.06. The summed E-state index contributed by atoms with van der Waals surface area (Å²) in [5, 5.41) is 17.0. The van der Waals surface area contributed by atoms with Gasteiger partial charge in [-0.15, -0.1) is 11.3 Å². The van der Waals surface area contributed by atoms with E-state index >= 15 is 0 Å². The van der Waals surface area contributed by atoms with Crippen LogP contribution in [0.4, 0.5) is 0 Å². The Labute approximate surface area is 148 Å². The van der Waals surface area contributed by atoms with Crippen LogP contribution in [0, 0.1) is 0 Å². The highest BCUT2D eigenvalue weighted by atomic mass is 32.1. The Hall–Kier alpha value is -2.15. The second-order valence-corrected chi connectivity index (χ2v) is 7.12. The van der Waals surface area contributed by atoms with Crippen molar-refractivity contribution in [2.75, 3.05) is 6.61 Å². The molecule has 124 valence electrons. The summed E-state index contributed by atoms with van der Waals surface area (Å²) in [5.74, 6) is 0.497. The maximum Gasteiger partial charge on any atom is 0.258 e. The Bertz CT molecular complexity index is 769. The summed E-state index contributed by atoms with van der Waals surface area (Å²) in [6.07, 6.45) is -0.605. The molecule has 3 aromatic rings. The summed E-state index contributed by atoms with van der Waals surface area (Å²) in [6, 6.07) is 15.0. The number of benzene rings is 1. The first kappa shape index (κ1) is 16.7. The number of aliphatic hydroxyl groups is 1. The van der Waals surface area contributed by atoms with Crippen LogP contribution in [0.1, 0.15) is 21.4 Å². The first-order valence-electron chi connectivity index (χ1n) is 7.45. The van der Waals surface area contributed by atoms with Crippen LogP contribution < -0.4 is 10.1 Å². The molecular formula is C18H17NO3S2. The van der Waals surface area contributed by atoms with Crippen LogP contribution in [0.25, 0.3) is 0 Å². The van der Waals surface area contributed by atoms with Crippen molar-refractivity contribution in [3.8, 4) is 5.75 Å². The van der Waals surface area contributed by atoms with Crippen molar-refractivity contribution in [2.24, 2.45) is 0 Å². The predicted molar refractivity (Wildman–Crippen MR) is 96.5 cm³/mol. The minimum Gasteiger partial charge on any atom is -0.484 e. The number of nitrogens with one attached hydrogen (secondary N) is 1. The molecule has 1 atom stereocenters. The third kappa shape index (κ3) is 4.44. The van der Waals surface area contributed by atoms with Crippen LogP contribution in [0.5, 0.6) is 5.75 Å². The number of carbonyl (C=O) groups is 1. The van der Waals surface area contributed by atoms with Gasteiger partial charge < -0.3 is 15.2 Å². The van der Waals surface area contributed by atoms with Crippen molar-refractivity contribution in [1.82, 2.24) is 5.32 Å². The van der Waals surface area contributed by atoms with E-state index in [2.05, 4.69) is 5.32 Å². The van der Waals surface area contributed by atoms with Gasteiger partial charge in [0.2, 0.25) is 0 Å². The fourth-order valence-electron chi connectivity index (χ4n) is 2.13. The molecule has 4 nitrogen and oxygen atoms in total. The highest BCUT2D eigenvalue weighted by Gasteiger charge is 2.13. The van der Waals surface area contributed by atoms with E-state index in [4.69, 9.17) is 4.74 Å². The van der Waals surface area contributed by atoms with Gasteiger partial charge in [-0.25, -0.2) is 0 Å². The summed E-state index contributed by atoms with van der Waals surface area (Å²) in [5.41, 5.74) is 0.897. The molecule has 0 fully saturated rings. The van der Waals surface area contributed by atoms with E-state index in [9.17, 15) is 9.90 Å². The first-order chi connectivity index (χ1) is 11.7. The van der Waals surface area contributed by atoms with Crippen molar-refractivity contribution in [2.45, 2.75) is 12.6 Å². The Kier molecular flexibility index (Phi) is 5.63.